The molecule has 0 saturated carbocycles. The molecule has 0 radical (unpaired) electrons. The van der Waals surface area contributed by atoms with Gasteiger partial charge in [-0.15, -0.1) is 11.3 Å². The SMILES string of the molecule is C[C@@H](c1c(F)ccc(F)c1CNc1cc(F)c(S(=O)(=O)Nc2cscn2)c(F)c1)N(C)C. The fourth-order valence-corrected chi connectivity index (χ4v) is 4.74. The number of nitrogens with one attached hydrogen (secondary N) is 2. The highest BCUT2D eigenvalue weighted by molar-refractivity contribution is 7.92. The largest absolute Gasteiger partial charge is 0.381 e. The van der Waals surface area contributed by atoms with E-state index in [9.17, 15) is 26.0 Å². The van der Waals surface area contributed by atoms with Gasteiger partial charge in [0.05, 0.1) is 5.51 Å². The molecular weight excluding hydrogens is 468 g/mol. The molecule has 3 aromatic rings. The van der Waals surface area contributed by atoms with Crippen molar-refractivity contribution >= 4 is 32.9 Å². The number of hydrogen-bond acceptors (Lipinski definition) is 6. The molecule has 32 heavy (non-hydrogen) atoms. The van der Waals surface area contributed by atoms with Crippen LogP contribution in [0.25, 0.3) is 0 Å². The van der Waals surface area contributed by atoms with Crippen LogP contribution in [-0.2, 0) is 16.6 Å². The summed E-state index contributed by atoms with van der Waals surface area (Å²) < 4.78 is 84.7. The third-order valence-electron chi connectivity index (χ3n) is 4.85. The summed E-state index contributed by atoms with van der Waals surface area (Å²) in [6, 6.07) is 3.05. The molecule has 0 aliphatic heterocycles. The number of sulfonamides is 1. The van der Waals surface area contributed by atoms with E-state index in [0.29, 0.717) is 0 Å². The lowest BCUT2D eigenvalue weighted by atomic mass is 9.99. The third-order valence-corrected chi connectivity index (χ3v) is 6.84. The first kappa shape index (κ1) is 24.0. The van der Waals surface area contributed by atoms with E-state index in [1.807, 2.05) is 4.72 Å². The Balaban J connectivity index is 1.89. The van der Waals surface area contributed by atoms with Gasteiger partial charge in [0, 0.05) is 34.8 Å². The maximum absolute atomic E-state index is 14.6. The average molecular weight is 489 g/mol. The zero-order chi connectivity index (χ0) is 23.6. The Hall–Kier alpha value is -2.70. The van der Waals surface area contributed by atoms with E-state index >= 15 is 0 Å². The Kier molecular flexibility index (Phi) is 7.06. The van der Waals surface area contributed by atoms with Crippen molar-refractivity contribution in [2.24, 2.45) is 0 Å². The van der Waals surface area contributed by atoms with Crippen LogP contribution in [0.2, 0.25) is 0 Å². The highest BCUT2D eigenvalue weighted by atomic mass is 32.2. The smallest absolute Gasteiger partial charge is 0.268 e. The molecule has 1 aromatic heterocycles. The molecular formula is C20H20F4N4O2S2. The van der Waals surface area contributed by atoms with Crippen molar-refractivity contribution in [3.8, 4) is 0 Å². The van der Waals surface area contributed by atoms with Gasteiger partial charge in [-0.1, -0.05) is 0 Å². The number of thiazole rings is 1. The Morgan fingerprint density at radius 1 is 1.06 bits per heavy atom. The van der Waals surface area contributed by atoms with Crippen molar-refractivity contribution in [2.75, 3.05) is 24.1 Å². The summed E-state index contributed by atoms with van der Waals surface area (Å²) in [6.07, 6.45) is 0. The van der Waals surface area contributed by atoms with Gasteiger partial charge in [-0.05, 0) is 45.3 Å². The standard InChI is InChI=1S/C20H20F4N4O2S2/c1-11(28(2)3)19-13(14(21)4-5-15(19)22)8-25-12-6-16(23)20(17(24)7-12)32(29,30)27-18-9-31-10-26-18/h4-7,9-11,25,27H,8H2,1-3H3/t11-/m0/s1. The molecule has 0 aliphatic rings. The Morgan fingerprint density at radius 3 is 2.25 bits per heavy atom. The minimum absolute atomic E-state index is 0.00564. The molecule has 172 valence electrons. The normalized spacial score (nSPS) is 12.8. The predicted molar refractivity (Wildman–Crippen MR) is 115 cm³/mol. The van der Waals surface area contributed by atoms with Crippen LogP contribution in [0.15, 0.2) is 40.1 Å². The van der Waals surface area contributed by atoms with Crippen LogP contribution in [0.3, 0.4) is 0 Å². The average Bonchev–Trinajstić information content (AvgIpc) is 3.19. The van der Waals surface area contributed by atoms with Crippen molar-refractivity contribution in [1.29, 1.82) is 0 Å². The quantitative estimate of drug-likeness (QED) is 0.449. The zero-order valence-electron chi connectivity index (χ0n) is 17.3. The maximum Gasteiger partial charge on any atom is 0.268 e. The highest BCUT2D eigenvalue weighted by Gasteiger charge is 2.26. The second-order valence-electron chi connectivity index (χ2n) is 7.16. The van der Waals surface area contributed by atoms with Crippen molar-refractivity contribution in [1.82, 2.24) is 9.88 Å². The molecule has 12 heteroatoms. The predicted octanol–water partition coefficient (Wildman–Crippen LogP) is 4.74. The molecule has 6 nitrogen and oxygen atoms in total. The van der Waals surface area contributed by atoms with Crippen LogP contribution in [0.5, 0.6) is 0 Å². The molecule has 0 saturated heterocycles. The second-order valence-corrected chi connectivity index (χ2v) is 9.50. The first-order chi connectivity index (χ1) is 15.0. The number of nitrogens with zero attached hydrogens (tertiary/aromatic N) is 2. The fraction of sp³-hybridized carbons (Fsp3) is 0.250. The van der Waals surface area contributed by atoms with Crippen molar-refractivity contribution < 1.29 is 26.0 Å². The lowest BCUT2D eigenvalue weighted by Gasteiger charge is -2.24. The van der Waals surface area contributed by atoms with Crippen LogP contribution >= 0.6 is 11.3 Å². The Bertz CT molecular complexity index is 1200. The van der Waals surface area contributed by atoms with Gasteiger partial charge < -0.3 is 10.2 Å². The molecule has 2 N–H and O–H groups in total. The topological polar surface area (TPSA) is 74.3 Å². The molecule has 0 aliphatic carbocycles. The first-order valence-corrected chi connectivity index (χ1v) is 11.7. The van der Waals surface area contributed by atoms with Gasteiger partial charge in [0.25, 0.3) is 10.0 Å². The molecule has 3 rings (SSSR count). The Labute approximate surface area is 187 Å². The number of aromatic nitrogens is 1. The van der Waals surface area contributed by atoms with Crippen LogP contribution in [-0.4, -0.2) is 32.4 Å². The summed E-state index contributed by atoms with van der Waals surface area (Å²) in [4.78, 5) is 4.24. The summed E-state index contributed by atoms with van der Waals surface area (Å²) in [5.74, 6) is -4.07. The van der Waals surface area contributed by atoms with Crippen molar-refractivity contribution in [2.45, 2.75) is 24.4 Å². The lowest BCUT2D eigenvalue weighted by Crippen LogP contribution is -2.21. The van der Waals surface area contributed by atoms with Gasteiger partial charge in [-0.25, -0.2) is 31.0 Å². The molecule has 0 unspecified atom stereocenters. The first-order valence-electron chi connectivity index (χ1n) is 9.28. The van der Waals surface area contributed by atoms with Gasteiger partial charge in [0.1, 0.15) is 23.3 Å². The minimum Gasteiger partial charge on any atom is -0.381 e. The van der Waals surface area contributed by atoms with E-state index in [0.717, 1.165) is 35.6 Å². The van der Waals surface area contributed by atoms with Crippen LogP contribution in [0.4, 0.5) is 29.1 Å². The highest BCUT2D eigenvalue weighted by Crippen LogP contribution is 2.29. The summed E-state index contributed by atoms with van der Waals surface area (Å²) in [5, 5.41) is 4.00. The van der Waals surface area contributed by atoms with Gasteiger partial charge >= 0.3 is 0 Å². The number of halogens is 4. The van der Waals surface area contributed by atoms with E-state index in [2.05, 4.69) is 10.3 Å². The molecule has 0 fully saturated rings. The molecule has 0 bridgehead atoms. The van der Waals surface area contributed by atoms with Crippen molar-refractivity contribution in [3.05, 3.63) is 69.6 Å². The number of benzene rings is 2. The van der Waals surface area contributed by atoms with Gasteiger partial charge in [-0.3, -0.25) is 4.72 Å². The van der Waals surface area contributed by atoms with Gasteiger partial charge in [0.15, 0.2) is 10.7 Å². The third kappa shape index (κ3) is 5.03. The van der Waals surface area contributed by atoms with Crippen LogP contribution in [0, 0.1) is 23.3 Å². The van der Waals surface area contributed by atoms with Crippen molar-refractivity contribution in [3.63, 3.8) is 0 Å². The minimum atomic E-state index is -4.57. The van der Waals surface area contributed by atoms with Crippen LogP contribution < -0.4 is 10.0 Å². The Morgan fingerprint density at radius 2 is 1.69 bits per heavy atom. The molecule has 1 heterocycles. The summed E-state index contributed by atoms with van der Waals surface area (Å²) in [6.45, 7) is 1.41. The fourth-order valence-electron chi connectivity index (χ4n) is 3.06. The lowest BCUT2D eigenvalue weighted by molar-refractivity contribution is 0.310. The second kappa shape index (κ2) is 9.43. The monoisotopic (exact) mass is 488 g/mol. The van der Waals surface area contributed by atoms with Crippen LogP contribution in [0.1, 0.15) is 24.1 Å². The van der Waals surface area contributed by atoms with E-state index in [-0.39, 0.29) is 29.2 Å². The molecule has 2 aromatic carbocycles. The summed E-state index contributed by atoms with van der Waals surface area (Å²) in [5.41, 5.74) is 1.32. The number of hydrogen-bond donors (Lipinski definition) is 2. The molecule has 0 spiro atoms. The number of rotatable bonds is 8. The molecule has 1 atom stereocenters. The van der Waals surface area contributed by atoms with Gasteiger partial charge in [-0.2, -0.15) is 0 Å². The zero-order valence-corrected chi connectivity index (χ0v) is 18.9. The van der Waals surface area contributed by atoms with E-state index in [1.54, 1.807) is 25.9 Å². The van der Waals surface area contributed by atoms with E-state index in [1.165, 1.54) is 10.9 Å². The van der Waals surface area contributed by atoms with E-state index < -0.39 is 44.2 Å². The number of anilines is 2. The van der Waals surface area contributed by atoms with E-state index in [4.69, 9.17) is 0 Å². The van der Waals surface area contributed by atoms with Gasteiger partial charge in [0.2, 0.25) is 0 Å². The molecule has 0 amide bonds. The summed E-state index contributed by atoms with van der Waals surface area (Å²) >= 11 is 1.10. The maximum atomic E-state index is 14.6. The summed E-state index contributed by atoms with van der Waals surface area (Å²) in [7, 11) is -1.16.